The van der Waals surface area contributed by atoms with Crippen molar-refractivity contribution in [2.75, 3.05) is 11.9 Å². The fourth-order valence-electron chi connectivity index (χ4n) is 2.00. The zero-order chi connectivity index (χ0) is 13.0. The van der Waals surface area contributed by atoms with Crippen molar-refractivity contribution < 1.29 is 9.90 Å². The minimum atomic E-state index is -0.324. The standard InChI is InChI=1S/C14H21NO2/c1-5-12(8-16)14(17)15-13-10(3)6-9(2)7-11(13)4/h6-7,12,16H,5,8H2,1-4H3,(H,15,17). The topological polar surface area (TPSA) is 49.3 Å². The molecule has 0 saturated heterocycles. The summed E-state index contributed by atoms with van der Waals surface area (Å²) < 4.78 is 0. The van der Waals surface area contributed by atoms with Gasteiger partial charge in [-0.1, -0.05) is 24.6 Å². The molecule has 1 aromatic carbocycles. The van der Waals surface area contributed by atoms with E-state index < -0.39 is 0 Å². The highest BCUT2D eigenvalue weighted by Gasteiger charge is 2.16. The molecule has 0 heterocycles. The first kappa shape index (κ1) is 13.7. The number of aryl methyl sites for hydroxylation is 3. The Morgan fingerprint density at radius 3 is 2.24 bits per heavy atom. The van der Waals surface area contributed by atoms with Gasteiger partial charge in [0, 0.05) is 5.69 Å². The van der Waals surface area contributed by atoms with Crippen molar-refractivity contribution in [3.63, 3.8) is 0 Å². The second-order valence-corrected chi connectivity index (χ2v) is 4.55. The highest BCUT2D eigenvalue weighted by molar-refractivity contribution is 5.94. The largest absolute Gasteiger partial charge is 0.396 e. The van der Waals surface area contributed by atoms with Gasteiger partial charge in [0.25, 0.3) is 0 Å². The Bertz CT molecular complexity index is 386. The third kappa shape index (κ3) is 3.30. The smallest absolute Gasteiger partial charge is 0.229 e. The Kier molecular flexibility index (Phi) is 4.70. The Balaban J connectivity index is 2.92. The lowest BCUT2D eigenvalue weighted by atomic mass is 10.0. The van der Waals surface area contributed by atoms with E-state index in [0.717, 1.165) is 16.8 Å². The summed E-state index contributed by atoms with van der Waals surface area (Å²) in [7, 11) is 0. The van der Waals surface area contributed by atoms with Crippen LogP contribution >= 0.6 is 0 Å². The van der Waals surface area contributed by atoms with Crippen molar-refractivity contribution in [3.05, 3.63) is 28.8 Å². The maximum Gasteiger partial charge on any atom is 0.229 e. The van der Waals surface area contributed by atoms with Crippen LogP contribution in [0.25, 0.3) is 0 Å². The van der Waals surface area contributed by atoms with Crippen LogP contribution in [0.4, 0.5) is 5.69 Å². The van der Waals surface area contributed by atoms with E-state index in [4.69, 9.17) is 5.11 Å². The van der Waals surface area contributed by atoms with Gasteiger partial charge in [-0.15, -0.1) is 0 Å². The Labute approximate surface area is 103 Å². The van der Waals surface area contributed by atoms with E-state index in [0.29, 0.717) is 6.42 Å². The van der Waals surface area contributed by atoms with Crippen LogP contribution in [0.2, 0.25) is 0 Å². The number of anilines is 1. The van der Waals surface area contributed by atoms with Crippen molar-refractivity contribution in [3.8, 4) is 0 Å². The molecule has 0 fully saturated rings. The minimum absolute atomic E-state index is 0.105. The van der Waals surface area contributed by atoms with Crippen LogP contribution in [0.5, 0.6) is 0 Å². The number of aliphatic hydroxyl groups is 1. The van der Waals surface area contributed by atoms with E-state index in [-0.39, 0.29) is 18.4 Å². The van der Waals surface area contributed by atoms with Gasteiger partial charge in [0.05, 0.1) is 12.5 Å². The van der Waals surface area contributed by atoms with Gasteiger partial charge in [0.2, 0.25) is 5.91 Å². The third-order valence-electron chi connectivity index (χ3n) is 3.01. The fourth-order valence-corrected chi connectivity index (χ4v) is 2.00. The summed E-state index contributed by atoms with van der Waals surface area (Å²) in [6.07, 6.45) is 0.645. The van der Waals surface area contributed by atoms with Gasteiger partial charge >= 0.3 is 0 Å². The minimum Gasteiger partial charge on any atom is -0.396 e. The summed E-state index contributed by atoms with van der Waals surface area (Å²) >= 11 is 0. The number of hydrogen-bond acceptors (Lipinski definition) is 2. The predicted octanol–water partition coefficient (Wildman–Crippen LogP) is 2.57. The van der Waals surface area contributed by atoms with Crippen LogP contribution in [0, 0.1) is 26.7 Å². The summed E-state index contributed by atoms with van der Waals surface area (Å²) in [5.41, 5.74) is 4.17. The van der Waals surface area contributed by atoms with Crippen LogP contribution in [-0.2, 0) is 4.79 Å². The lowest BCUT2D eigenvalue weighted by Gasteiger charge is -2.16. The third-order valence-corrected chi connectivity index (χ3v) is 3.01. The van der Waals surface area contributed by atoms with Crippen LogP contribution in [0.3, 0.4) is 0 Å². The zero-order valence-corrected chi connectivity index (χ0v) is 11.0. The molecule has 0 bridgehead atoms. The fraction of sp³-hybridized carbons (Fsp3) is 0.500. The van der Waals surface area contributed by atoms with E-state index in [9.17, 15) is 4.79 Å². The molecule has 0 aliphatic heterocycles. The molecular formula is C14H21NO2. The van der Waals surface area contributed by atoms with Crippen molar-refractivity contribution in [2.45, 2.75) is 34.1 Å². The first-order valence-electron chi connectivity index (χ1n) is 5.99. The van der Waals surface area contributed by atoms with Gasteiger partial charge < -0.3 is 10.4 Å². The molecule has 3 nitrogen and oxygen atoms in total. The molecule has 17 heavy (non-hydrogen) atoms. The zero-order valence-electron chi connectivity index (χ0n) is 11.0. The Hall–Kier alpha value is -1.35. The van der Waals surface area contributed by atoms with Gasteiger partial charge in [-0.25, -0.2) is 0 Å². The molecule has 0 saturated carbocycles. The first-order chi connectivity index (χ1) is 7.99. The number of benzene rings is 1. The summed E-state index contributed by atoms with van der Waals surface area (Å²) in [5.74, 6) is -0.430. The summed E-state index contributed by atoms with van der Waals surface area (Å²) in [5, 5.41) is 12.0. The number of hydrogen-bond donors (Lipinski definition) is 2. The van der Waals surface area contributed by atoms with Gasteiger partial charge in [-0.3, -0.25) is 4.79 Å². The molecule has 0 aromatic heterocycles. The van der Waals surface area contributed by atoms with Crippen LogP contribution in [-0.4, -0.2) is 17.6 Å². The van der Waals surface area contributed by atoms with Crippen LogP contribution in [0.15, 0.2) is 12.1 Å². The molecule has 1 atom stereocenters. The molecule has 0 radical (unpaired) electrons. The van der Waals surface area contributed by atoms with E-state index in [1.54, 1.807) is 0 Å². The molecule has 1 rings (SSSR count). The van der Waals surface area contributed by atoms with Crippen LogP contribution in [0.1, 0.15) is 30.0 Å². The van der Waals surface area contributed by atoms with E-state index >= 15 is 0 Å². The molecule has 3 heteroatoms. The van der Waals surface area contributed by atoms with Crippen LogP contribution < -0.4 is 5.32 Å². The van der Waals surface area contributed by atoms with E-state index in [1.807, 2.05) is 39.8 Å². The molecule has 94 valence electrons. The number of rotatable bonds is 4. The highest BCUT2D eigenvalue weighted by Crippen LogP contribution is 2.22. The maximum atomic E-state index is 11.9. The molecule has 1 unspecified atom stereocenters. The average Bonchev–Trinajstić information content (AvgIpc) is 2.25. The number of carbonyl (C=O) groups is 1. The normalized spacial score (nSPS) is 12.3. The summed E-state index contributed by atoms with van der Waals surface area (Å²) in [4.78, 5) is 11.9. The molecule has 2 N–H and O–H groups in total. The SMILES string of the molecule is CCC(CO)C(=O)Nc1c(C)cc(C)cc1C. The van der Waals surface area contributed by atoms with E-state index in [1.165, 1.54) is 5.56 Å². The summed E-state index contributed by atoms with van der Waals surface area (Å²) in [6, 6.07) is 4.09. The van der Waals surface area contributed by atoms with E-state index in [2.05, 4.69) is 5.32 Å². The Morgan fingerprint density at radius 2 is 1.82 bits per heavy atom. The second-order valence-electron chi connectivity index (χ2n) is 4.55. The summed E-state index contributed by atoms with van der Waals surface area (Å²) in [6.45, 7) is 7.79. The van der Waals surface area contributed by atoms with Gasteiger partial charge in [-0.05, 0) is 38.3 Å². The Morgan fingerprint density at radius 1 is 1.29 bits per heavy atom. The second kappa shape index (κ2) is 5.82. The van der Waals surface area contributed by atoms with Crippen molar-refractivity contribution in [1.82, 2.24) is 0 Å². The number of aliphatic hydroxyl groups excluding tert-OH is 1. The monoisotopic (exact) mass is 235 g/mol. The van der Waals surface area contributed by atoms with Crippen molar-refractivity contribution in [2.24, 2.45) is 5.92 Å². The lowest BCUT2D eigenvalue weighted by Crippen LogP contribution is -2.25. The number of nitrogens with one attached hydrogen (secondary N) is 1. The van der Waals surface area contributed by atoms with Gasteiger partial charge in [-0.2, -0.15) is 0 Å². The molecule has 0 aliphatic rings. The lowest BCUT2D eigenvalue weighted by molar-refractivity contribution is -0.121. The average molecular weight is 235 g/mol. The van der Waals surface area contributed by atoms with Crippen molar-refractivity contribution in [1.29, 1.82) is 0 Å². The van der Waals surface area contributed by atoms with Gasteiger partial charge in [0.1, 0.15) is 0 Å². The van der Waals surface area contributed by atoms with Gasteiger partial charge in [0.15, 0.2) is 0 Å². The number of carbonyl (C=O) groups excluding carboxylic acids is 1. The molecular weight excluding hydrogens is 214 g/mol. The first-order valence-corrected chi connectivity index (χ1v) is 5.99. The molecule has 0 aliphatic carbocycles. The molecule has 0 spiro atoms. The maximum absolute atomic E-state index is 11.9. The molecule has 1 aromatic rings. The quantitative estimate of drug-likeness (QED) is 0.842. The predicted molar refractivity (Wildman–Crippen MR) is 70.1 cm³/mol. The number of amides is 1. The van der Waals surface area contributed by atoms with Crippen molar-refractivity contribution >= 4 is 11.6 Å². The highest BCUT2D eigenvalue weighted by atomic mass is 16.3. The molecule has 1 amide bonds.